The van der Waals surface area contributed by atoms with Crippen LogP contribution in [0.2, 0.25) is 0 Å². The van der Waals surface area contributed by atoms with Crippen molar-refractivity contribution in [3.63, 3.8) is 0 Å². The third-order valence-electron chi connectivity index (χ3n) is 4.82. The van der Waals surface area contributed by atoms with Crippen LogP contribution < -0.4 is 5.32 Å². The second kappa shape index (κ2) is 8.33. The summed E-state index contributed by atoms with van der Waals surface area (Å²) in [6, 6.07) is 10.1. The molecule has 1 atom stereocenters. The van der Waals surface area contributed by atoms with Gasteiger partial charge in [0.2, 0.25) is 5.91 Å². The average Bonchev–Trinajstić information content (AvgIpc) is 3.04. The van der Waals surface area contributed by atoms with Crippen molar-refractivity contribution in [2.24, 2.45) is 0 Å². The molecule has 0 spiro atoms. The molecule has 27 heavy (non-hydrogen) atoms. The molecule has 0 saturated carbocycles. The van der Waals surface area contributed by atoms with Crippen molar-refractivity contribution >= 4 is 16.8 Å². The van der Waals surface area contributed by atoms with Gasteiger partial charge >= 0.3 is 0 Å². The van der Waals surface area contributed by atoms with Crippen molar-refractivity contribution < 1.29 is 4.79 Å². The van der Waals surface area contributed by atoms with Crippen LogP contribution in [0.5, 0.6) is 0 Å². The molecule has 0 aliphatic rings. The summed E-state index contributed by atoms with van der Waals surface area (Å²) in [7, 11) is 0. The highest BCUT2D eigenvalue weighted by Crippen LogP contribution is 2.19. The largest absolute Gasteiger partial charge is 0.348 e. The predicted octanol–water partition coefficient (Wildman–Crippen LogP) is 4.38. The zero-order chi connectivity index (χ0) is 19.4. The van der Waals surface area contributed by atoms with Crippen LogP contribution in [0, 0.1) is 0 Å². The fourth-order valence-corrected chi connectivity index (χ4v) is 3.19. The van der Waals surface area contributed by atoms with Crippen molar-refractivity contribution in [1.29, 1.82) is 0 Å². The van der Waals surface area contributed by atoms with Crippen LogP contribution >= 0.6 is 0 Å². The number of pyridine rings is 1. The Morgan fingerprint density at radius 3 is 2.56 bits per heavy atom. The summed E-state index contributed by atoms with van der Waals surface area (Å²) in [5, 5.41) is 8.52. The first kappa shape index (κ1) is 19.1. The second-order valence-electron chi connectivity index (χ2n) is 7.40. The highest BCUT2D eigenvalue weighted by molar-refractivity contribution is 5.80. The van der Waals surface area contributed by atoms with E-state index in [0.29, 0.717) is 12.3 Å². The zero-order valence-electron chi connectivity index (χ0n) is 16.6. The van der Waals surface area contributed by atoms with Gasteiger partial charge in [0.05, 0.1) is 36.1 Å². The Kier molecular flexibility index (Phi) is 5.89. The van der Waals surface area contributed by atoms with Gasteiger partial charge in [-0.1, -0.05) is 45.0 Å². The highest BCUT2D eigenvalue weighted by Gasteiger charge is 2.13. The summed E-state index contributed by atoms with van der Waals surface area (Å²) >= 11 is 0. The molecule has 0 bridgehead atoms. The standard InChI is InChI=1S/C22H28N4O/c1-5-10-26-21-14-23-20(12-19(21)13-24-26)16(4)25-22(27)11-17-6-8-18(9-7-17)15(2)3/h6-9,12-16H,5,10-11H2,1-4H3,(H,25,27). The summed E-state index contributed by atoms with van der Waals surface area (Å²) < 4.78 is 1.97. The number of rotatable bonds is 7. The lowest BCUT2D eigenvalue weighted by molar-refractivity contribution is -0.121. The van der Waals surface area contributed by atoms with Crippen LogP contribution in [-0.2, 0) is 17.8 Å². The molecule has 1 N–H and O–H groups in total. The smallest absolute Gasteiger partial charge is 0.224 e. The second-order valence-corrected chi connectivity index (χ2v) is 7.40. The molecule has 2 aromatic heterocycles. The predicted molar refractivity (Wildman–Crippen MR) is 109 cm³/mol. The quantitative estimate of drug-likeness (QED) is 0.676. The maximum Gasteiger partial charge on any atom is 0.224 e. The number of carbonyl (C=O) groups excluding carboxylic acids is 1. The van der Waals surface area contributed by atoms with Crippen molar-refractivity contribution in [2.75, 3.05) is 0 Å². The van der Waals surface area contributed by atoms with Crippen LogP contribution in [0.1, 0.15) is 62.9 Å². The zero-order valence-corrected chi connectivity index (χ0v) is 16.6. The van der Waals surface area contributed by atoms with Crippen molar-refractivity contribution in [3.05, 3.63) is 59.5 Å². The van der Waals surface area contributed by atoms with E-state index in [1.165, 1.54) is 5.56 Å². The van der Waals surface area contributed by atoms with Gasteiger partial charge in [0.25, 0.3) is 0 Å². The minimum absolute atomic E-state index is 0.00312. The van der Waals surface area contributed by atoms with Crippen molar-refractivity contribution in [3.8, 4) is 0 Å². The monoisotopic (exact) mass is 364 g/mol. The van der Waals surface area contributed by atoms with Crippen LogP contribution in [0.3, 0.4) is 0 Å². The van der Waals surface area contributed by atoms with Gasteiger partial charge in [-0.3, -0.25) is 14.5 Å². The number of nitrogens with one attached hydrogen (secondary N) is 1. The van der Waals surface area contributed by atoms with Crippen LogP contribution in [-0.4, -0.2) is 20.7 Å². The third-order valence-corrected chi connectivity index (χ3v) is 4.82. The average molecular weight is 364 g/mol. The summed E-state index contributed by atoms with van der Waals surface area (Å²) in [6.45, 7) is 9.30. The summed E-state index contributed by atoms with van der Waals surface area (Å²) in [6.07, 6.45) is 5.12. The fraction of sp³-hybridized carbons (Fsp3) is 0.409. The van der Waals surface area contributed by atoms with Gasteiger partial charge in [-0.25, -0.2) is 0 Å². The topological polar surface area (TPSA) is 59.8 Å². The van der Waals surface area contributed by atoms with Crippen LogP contribution in [0.4, 0.5) is 0 Å². The molecular formula is C22H28N4O. The Bertz CT molecular complexity index is 912. The first-order chi connectivity index (χ1) is 13.0. The first-order valence-corrected chi connectivity index (χ1v) is 9.67. The Hall–Kier alpha value is -2.69. The molecule has 3 aromatic rings. The Balaban J connectivity index is 1.64. The molecule has 1 aromatic carbocycles. The van der Waals surface area contributed by atoms with Crippen LogP contribution in [0.25, 0.3) is 10.9 Å². The van der Waals surface area contributed by atoms with Gasteiger partial charge in [-0.05, 0) is 36.5 Å². The number of aromatic nitrogens is 3. The van der Waals surface area contributed by atoms with E-state index in [0.717, 1.165) is 35.1 Å². The number of hydrogen-bond donors (Lipinski definition) is 1. The van der Waals surface area contributed by atoms with Gasteiger partial charge < -0.3 is 5.32 Å². The van der Waals surface area contributed by atoms with E-state index in [2.05, 4.69) is 48.3 Å². The van der Waals surface area contributed by atoms with Crippen molar-refractivity contribution in [1.82, 2.24) is 20.1 Å². The van der Waals surface area contributed by atoms with E-state index >= 15 is 0 Å². The van der Waals surface area contributed by atoms with E-state index in [1.54, 1.807) is 0 Å². The summed E-state index contributed by atoms with van der Waals surface area (Å²) in [5.41, 5.74) is 4.19. The lowest BCUT2D eigenvalue weighted by Gasteiger charge is -2.14. The van der Waals surface area contributed by atoms with Gasteiger partial charge in [-0.15, -0.1) is 0 Å². The highest BCUT2D eigenvalue weighted by atomic mass is 16.1. The molecule has 142 valence electrons. The minimum atomic E-state index is -0.147. The number of aryl methyl sites for hydroxylation is 1. The number of hydrogen-bond acceptors (Lipinski definition) is 3. The molecule has 0 saturated heterocycles. The van der Waals surface area contributed by atoms with Gasteiger partial charge in [0.1, 0.15) is 0 Å². The lowest BCUT2D eigenvalue weighted by Crippen LogP contribution is -2.28. The fourth-order valence-electron chi connectivity index (χ4n) is 3.19. The third kappa shape index (κ3) is 4.54. The number of amides is 1. The molecule has 0 fully saturated rings. The number of fused-ring (bicyclic) bond motifs is 1. The molecule has 0 aliphatic heterocycles. The molecule has 0 radical (unpaired) electrons. The number of carbonyl (C=O) groups is 1. The molecule has 0 aliphatic carbocycles. The minimum Gasteiger partial charge on any atom is -0.348 e. The SMILES string of the molecule is CCCn1ncc2cc(C(C)NC(=O)Cc3ccc(C(C)C)cc3)ncc21. The Morgan fingerprint density at radius 2 is 1.89 bits per heavy atom. The van der Waals surface area contributed by atoms with E-state index in [9.17, 15) is 4.79 Å². The van der Waals surface area contributed by atoms with E-state index in [1.807, 2.05) is 42.2 Å². The maximum atomic E-state index is 12.4. The molecule has 2 heterocycles. The molecule has 3 rings (SSSR count). The number of benzene rings is 1. The molecule has 1 amide bonds. The lowest BCUT2D eigenvalue weighted by atomic mass is 10.0. The number of nitrogens with zero attached hydrogens (tertiary/aromatic N) is 3. The molecule has 1 unspecified atom stereocenters. The molecule has 5 heteroatoms. The van der Waals surface area contributed by atoms with Crippen LogP contribution in [0.15, 0.2) is 42.7 Å². The normalized spacial score (nSPS) is 12.5. The Morgan fingerprint density at radius 1 is 1.15 bits per heavy atom. The maximum absolute atomic E-state index is 12.4. The van der Waals surface area contributed by atoms with E-state index in [-0.39, 0.29) is 11.9 Å². The van der Waals surface area contributed by atoms with Crippen molar-refractivity contribution in [2.45, 2.75) is 59.0 Å². The van der Waals surface area contributed by atoms with Gasteiger partial charge in [-0.2, -0.15) is 5.10 Å². The molecule has 5 nitrogen and oxygen atoms in total. The first-order valence-electron chi connectivity index (χ1n) is 9.67. The van der Waals surface area contributed by atoms with Gasteiger partial charge in [0, 0.05) is 11.9 Å². The summed E-state index contributed by atoms with van der Waals surface area (Å²) in [4.78, 5) is 17.0. The van der Waals surface area contributed by atoms with E-state index < -0.39 is 0 Å². The van der Waals surface area contributed by atoms with E-state index in [4.69, 9.17) is 0 Å². The summed E-state index contributed by atoms with van der Waals surface area (Å²) in [5.74, 6) is 0.499. The molecular weight excluding hydrogens is 336 g/mol. The Labute approximate surface area is 160 Å². The van der Waals surface area contributed by atoms with Gasteiger partial charge in [0.15, 0.2) is 0 Å².